The first-order chi connectivity index (χ1) is 6.98. The Kier molecular flexibility index (Phi) is 8.02. The molecule has 0 aromatic rings. The van der Waals surface area contributed by atoms with Gasteiger partial charge in [0.2, 0.25) is 0 Å². The van der Waals surface area contributed by atoms with Gasteiger partial charge in [0.15, 0.2) is 0 Å². The molecular weight excluding hydrogens is 188 g/mol. The summed E-state index contributed by atoms with van der Waals surface area (Å²) in [6.45, 7) is 11.5. The quantitative estimate of drug-likeness (QED) is 0.592. The standard InChI is InChI=1S/C12H28N2O/c1-6-8-15-9-7-13-10-12(2,3)11-14(4)5/h13H,6-11H2,1-5H3. The zero-order valence-electron chi connectivity index (χ0n) is 11.1. The third-order valence-corrected chi connectivity index (χ3v) is 2.12. The lowest BCUT2D eigenvalue weighted by Crippen LogP contribution is -2.38. The Morgan fingerprint density at radius 1 is 1.20 bits per heavy atom. The van der Waals surface area contributed by atoms with Gasteiger partial charge in [0.1, 0.15) is 0 Å². The van der Waals surface area contributed by atoms with E-state index in [9.17, 15) is 0 Å². The van der Waals surface area contributed by atoms with Gasteiger partial charge in [0, 0.05) is 26.2 Å². The van der Waals surface area contributed by atoms with Crippen molar-refractivity contribution < 1.29 is 4.74 Å². The van der Waals surface area contributed by atoms with Crippen LogP contribution in [0.3, 0.4) is 0 Å². The summed E-state index contributed by atoms with van der Waals surface area (Å²) in [4.78, 5) is 2.23. The van der Waals surface area contributed by atoms with E-state index in [1.54, 1.807) is 0 Å². The maximum atomic E-state index is 5.41. The molecule has 0 radical (unpaired) electrons. The SMILES string of the molecule is CCCOCCNCC(C)(C)CN(C)C. The van der Waals surface area contributed by atoms with Gasteiger partial charge in [-0.1, -0.05) is 20.8 Å². The first-order valence-corrected chi connectivity index (χ1v) is 5.91. The zero-order valence-corrected chi connectivity index (χ0v) is 11.1. The lowest BCUT2D eigenvalue weighted by molar-refractivity contribution is 0.132. The average Bonchev–Trinajstić information content (AvgIpc) is 2.08. The number of hydrogen-bond acceptors (Lipinski definition) is 3. The van der Waals surface area contributed by atoms with Crippen LogP contribution in [0.1, 0.15) is 27.2 Å². The second kappa shape index (κ2) is 8.08. The molecule has 0 rings (SSSR count). The maximum absolute atomic E-state index is 5.41. The molecule has 0 aliphatic heterocycles. The van der Waals surface area contributed by atoms with Crippen molar-refractivity contribution in [3.63, 3.8) is 0 Å². The van der Waals surface area contributed by atoms with Crippen molar-refractivity contribution in [1.82, 2.24) is 10.2 Å². The molecule has 0 aliphatic rings. The summed E-state index contributed by atoms with van der Waals surface area (Å²) in [5.74, 6) is 0. The summed E-state index contributed by atoms with van der Waals surface area (Å²) in [5.41, 5.74) is 0.328. The highest BCUT2D eigenvalue weighted by Gasteiger charge is 2.17. The Balaban J connectivity index is 3.40. The minimum Gasteiger partial charge on any atom is -0.380 e. The van der Waals surface area contributed by atoms with E-state index < -0.39 is 0 Å². The van der Waals surface area contributed by atoms with E-state index in [2.05, 4.69) is 45.1 Å². The molecule has 0 unspecified atom stereocenters. The Morgan fingerprint density at radius 3 is 2.40 bits per heavy atom. The molecule has 15 heavy (non-hydrogen) atoms. The highest BCUT2D eigenvalue weighted by Crippen LogP contribution is 2.13. The largest absolute Gasteiger partial charge is 0.380 e. The van der Waals surface area contributed by atoms with Crippen molar-refractivity contribution in [2.45, 2.75) is 27.2 Å². The van der Waals surface area contributed by atoms with Crippen molar-refractivity contribution in [1.29, 1.82) is 0 Å². The molecule has 0 atom stereocenters. The van der Waals surface area contributed by atoms with Gasteiger partial charge in [-0.15, -0.1) is 0 Å². The van der Waals surface area contributed by atoms with Gasteiger partial charge in [-0.2, -0.15) is 0 Å². The highest BCUT2D eigenvalue weighted by atomic mass is 16.5. The van der Waals surface area contributed by atoms with E-state index in [4.69, 9.17) is 4.74 Å². The number of hydrogen-bond donors (Lipinski definition) is 1. The third kappa shape index (κ3) is 10.2. The van der Waals surface area contributed by atoms with Gasteiger partial charge >= 0.3 is 0 Å². The number of ether oxygens (including phenoxy) is 1. The highest BCUT2D eigenvalue weighted by molar-refractivity contribution is 4.73. The van der Waals surface area contributed by atoms with Crippen LogP contribution in [-0.2, 0) is 4.74 Å². The molecule has 0 spiro atoms. The summed E-state index contributed by atoms with van der Waals surface area (Å²) in [5, 5.41) is 3.44. The molecule has 0 aromatic carbocycles. The summed E-state index contributed by atoms with van der Waals surface area (Å²) in [6.07, 6.45) is 1.10. The Bertz CT molecular complexity index is 147. The summed E-state index contributed by atoms with van der Waals surface area (Å²) >= 11 is 0. The maximum Gasteiger partial charge on any atom is 0.0590 e. The van der Waals surface area contributed by atoms with Crippen LogP contribution in [0.15, 0.2) is 0 Å². The van der Waals surface area contributed by atoms with Crippen LogP contribution < -0.4 is 5.32 Å². The molecular formula is C12H28N2O. The van der Waals surface area contributed by atoms with Crippen LogP contribution in [0.25, 0.3) is 0 Å². The second-order valence-electron chi connectivity index (χ2n) is 5.19. The summed E-state index contributed by atoms with van der Waals surface area (Å²) < 4.78 is 5.41. The molecule has 0 saturated heterocycles. The van der Waals surface area contributed by atoms with Gasteiger partial charge < -0.3 is 15.0 Å². The fraction of sp³-hybridized carbons (Fsp3) is 1.00. The van der Waals surface area contributed by atoms with Crippen LogP contribution in [0.5, 0.6) is 0 Å². The minimum absolute atomic E-state index is 0.328. The monoisotopic (exact) mass is 216 g/mol. The van der Waals surface area contributed by atoms with Crippen LogP contribution >= 0.6 is 0 Å². The van der Waals surface area contributed by atoms with E-state index in [1.165, 1.54) is 0 Å². The predicted molar refractivity (Wildman–Crippen MR) is 66.3 cm³/mol. The molecule has 0 fully saturated rings. The number of nitrogens with zero attached hydrogens (tertiary/aromatic N) is 1. The lowest BCUT2D eigenvalue weighted by Gasteiger charge is -2.28. The van der Waals surface area contributed by atoms with Crippen molar-refractivity contribution >= 4 is 0 Å². The van der Waals surface area contributed by atoms with Gasteiger partial charge in [-0.3, -0.25) is 0 Å². The van der Waals surface area contributed by atoms with Crippen LogP contribution in [0, 0.1) is 5.41 Å². The third-order valence-electron chi connectivity index (χ3n) is 2.12. The molecule has 0 aromatic heterocycles. The summed E-state index contributed by atoms with van der Waals surface area (Å²) in [7, 11) is 4.23. The molecule has 0 bridgehead atoms. The molecule has 3 nitrogen and oxygen atoms in total. The van der Waals surface area contributed by atoms with Crippen molar-refractivity contribution in [3.05, 3.63) is 0 Å². The molecule has 3 heteroatoms. The van der Waals surface area contributed by atoms with Crippen LogP contribution in [0.4, 0.5) is 0 Å². The first kappa shape index (κ1) is 14.9. The van der Waals surface area contributed by atoms with Crippen molar-refractivity contribution in [2.75, 3.05) is 46.9 Å². The molecule has 0 aliphatic carbocycles. The van der Waals surface area contributed by atoms with Gasteiger partial charge in [-0.25, -0.2) is 0 Å². The molecule has 92 valence electrons. The first-order valence-electron chi connectivity index (χ1n) is 5.91. The average molecular weight is 216 g/mol. The Morgan fingerprint density at radius 2 is 1.87 bits per heavy atom. The molecule has 0 saturated carbocycles. The molecule has 0 amide bonds. The Hall–Kier alpha value is -0.120. The van der Waals surface area contributed by atoms with Gasteiger partial charge in [0.25, 0.3) is 0 Å². The smallest absolute Gasteiger partial charge is 0.0590 e. The van der Waals surface area contributed by atoms with Gasteiger partial charge in [-0.05, 0) is 25.9 Å². The van der Waals surface area contributed by atoms with E-state index in [-0.39, 0.29) is 0 Å². The predicted octanol–water partition coefficient (Wildman–Crippen LogP) is 1.59. The minimum atomic E-state index is 0.328. The van der Waals surface area contributed by atoms with Crippen molar-refractivity contribution in [2.24, 2.45) is 5.41 Å². The summed E-state index contributed by atoms with van der Waals surface area (Å²) in [6, 6.07) is 0. The van der Waals surface area contributed by atoms with Crippen LogP contribution in [0.2, 0.25) is 0 Å². The normalized spacial score (nSPS) is 12.4. The van der Waals surface area contributed by atoms with Gasteiger partial charge in [0.05, 0.1) is 6.61 Å². The molecule has 1 N–H and O–H groups in total. The van der Waals surface area contributed by atoms with E-state index in [1.807, 2.05) is 0 Å². The van der Waals surface area contributed by atoms with Crippen molar-refractivity contribution in [3.8, 4) is 0 Å². The van der Waals surface area contributed by atoms with Crippen LogP contribution in [-0.4, -0.2) is 51.8 Å². The number of rotatable bonds is 9. The van der Waals surface area contributed by atoms with E-state index in [0.717, 1.165) is 39.3 Å². The Labute approximate surface area is 95.2 Å². The topological polar surface area (TPSA) is 24.5 Å². The molecule has 0 heterocycles. The van der Waals surface area contributed by atoms with E-state index in [0.29, 0.717) is 5.41 Å². The zero-order chi connectivity index (χ0) is 11.7. The fourth-order valence-corrected chi connectivity index (χ4v) is 1.73. The second-order valence-corrected chi connectivity index (χ2v) is 5.19. The number of nitrogens with one attached hydrogen (secondary N) is 1. The van der Waals surface area contributed by atoms with E-state index >= 15 is 0 Å². The fourth-order valence-electron chi connectivity index (χ4n) is 1.73. The lowest BCUT2D eigenvalue weighted by atomic mass is 9.93.